The lowest BCUT2D eigenvalue weighted by molar-refractivity contribution is -0.359. The number of carbonyl (C=O) groups excluding carboxylic acids is 1. The fourth-order valence-electron chi connectivity index (χ4n) is 8.89. The van der Waals surface area contributed by atoms with Crippen LogP contribution in [0.25, 0.3) is 0 Å². The van der Waals surface area contributed by atoms with Crippen molar-refractivity contribution in [3.63, 3.8) is 0 Å². The van der Waals surface area contributed by atoms with Crippen molar-refractivity contribution >= 4 is 5.91 Å². The van der Waals surface area contributed by atoms with Crippen LogP contribution >= 0.6 is 0 Å². The number of allylic oxidation sites excluding steroid dienone is 6. The Kier molecular flexibility index (Phi) is 37.4. The number of unbranched alkanes of at least 4 members (excludes halogenated alkanes) is 23. The minimum atomic E-state index is -1.78. The number of carbonyl (C=O) groups is 1. The van der Waals surface area contributed by atoms with Gasteiger partial charge in [0.05, 0.1) is 32.0 Å². The van der Waals surface area contributed by atoms with Gasteiger partial charge in [0.25, 0.3) is 0 Å². The normalized spacial score (nSPS) is 26.6. The fourth-order valence-corrected chi connectivity index (χ4v) is 8.89. The smallest absolute Gasteiger partial charge is 0.220 e. The third-order valence-corrected chi connectivity index (χ3v) is 13.4. The maximum atomic E-state index is 13.2. The van der Waals surface area contributed by atoms with Crippen molar-refractivity contribution in [2.75, 3.05) is 19.8 Å². The van der Waals surface area contributed by atoms with Gasteiger partial charge in [-0.25, -0.2) is 0 Å². The first-order valence-electron chi connectivity index (χ1n) is 27.2. The molecule has 1 amide bonds. The van der Waals surface area contributed by atoms with Crippen LogP contribution in [0.4, 0.5) is 0 Å². The molecule has 0 saturated carbocycles. The number of rotatable bonds is 42. The number of aliphatic hydroxyl groups excluding tert-OH is 8. The third-order valence-electron chi connectivity index (χ3n) is 13.4. The van der Waals surface area contributed by atoms with Crippen LogP contribution in [0.1, 0.15) is 206 Å². The van der Waals surface area contributed by atoms with Crippen molar-refractivity contribution in [2.24, 2.45) is 0 Å². The zero-order chi connectivity index (χ0) is 49.6. The first kappa shape index (κ1) is 62.3. The molecule has 0 aromatic carbocycles. The Hall–Kier alpha value is -1.79. The Morgan fingerprint density at radius 3 is 1.49 bits per heavy atom. The summed E-state index contributed by atoms with van der Waals surface area (Å²) in [5.41, 5.74) is 0. The largest absolute Gasteiger partial charge is 0.394 e. The maximum absolute atomic E-state index is 13.2. The second-order valence-electron chi connectivity index (χ2n) is 19.4. The number of hydrogen-bond acceptors (Lipinski definition) is 13. The first-order valence-corrected chi connectivity index (χ1v) is 27.2. The molecule has 0 bridgehead atoms. The van der Waals surface area contributed by atoms with Gasteiger partial charge in [-0.3, -0.25) is 4.79 Å². The Morgan fingerprint density at radius 2 is 0.971 bits per heavy atom. The molecule has 0 aromatic heterocycles. The number of ether oxygens (including phenoxy) is 4. The van der Waals surface area contributed by atoms with E-state index in [-0.39, 0.29) is 18.9 Å². The molecule has 2 saturated heterocycles. The summed E-state index contributed by atoms with van der Waals surface area (Å²) in [6.07, 6.45) is 29.9. The minimum Gasteiger partial charge on any atom is -0.394 e. The lowest BCUT2D eigenvalue weighted by Gasteiger charge is -2.46. The molecule has 2 aliphatic rings. The van der Waals surface area contributed by atoms with Crippen molar-refractivity contribution in [2.45, 2.75) is 280 Å². The predicted octanol–water partition coefficient (Wildman–Crippen LogP) is 7.88. The van der Waals surface area contributed by atoms with Gasteiger partial charge in [0, 0.05) is 6.42 Å². The van der Waals surface area contributed by atoms with E-state index in [4.69, 9.17) is 18.9 Å². The van der Waals surface area contributed by atoms with Gasteiger partial charge in [-0.05, 0) is 51.4 Å². The first-order chi connectivity index (χ1) is 33.1. The maximum Gasteiger partial charge on any atom is 0.220 e. The van der Waals surface area contributed by atoms with Gasteiger partial charge in [-0.2, -0.15) is 0 Å². The van der Waals surface area contributed by atoms with Gasteiger partial charge in [0.1, 0.15) is 48.8 Å². The minimum absolute atomic E-state index is 0.220. The summed E-state index contributed by atoms with van der Waals surface area (Å²) in [6, 6.07) is -0.835. The lowest BCUT2D eigenvalue weighted by Crippen LogP contribution is -2.65. The van der Waals surface area contributed by atoms with Crippen molar-refractivity contribution in [1.29, 1.82) is 0 Å². The van der Waals surface area contributed by atoms with Gasteiger partial charge in [-0.15, -0.1) is 0 Å². The monoisotopic (exact) mass is 970 g/mol. The van der Waals surface area contributed by atoms with E-state index in [2.05, 4.69) is 55.6 Å². The zero-order valence-corrected chi connectivity index (χ0v) is 42.3. The van der Waals surface area contributed by atoms with Gasteiger partial charge in [-0.1, -0.05) is 185 Å². The number of nitrogens with one attached hydrogen (secondary N) is 1. The van der Waals surface area contributed by atoms with Crippen molar-refractivity contribution in [3.05, 3.63) is 36.5 Å². The summed E-state index contributed by atoms with van der Waals surface area (Å²) in [6.45, 7) is 2.83. The third kappa shape index (κ3) is 27.1. The Balaban J connectivity index is 1.79. The molecule has 12 atom stereocenters. The summed E-state index contributed by atoms with van der Waals surface area (Å²) >= 11 is 0. The van der Waals surface area contributed by atoms with Crippen molar-refractivity contribution < 1.29 is 64.6 Å². The van der Waals surface area contributed by atoms with Gasteiger partial charge in [0.2, 0.25) is 5.91 Å². The molecule has 9 N–H and O–H groups in total. The summed E-state index contributed by atoms with van der Waals surface area (Å²) in [5.74, 6) is -0.220. The van der Waals surface area contributed by atoms with E-state index in [1.165, 1.54) is 96.3 Å². The van der Waals surface area contributed by atoms with Gasteiger partial charge in [0.15, 0.2) is 12.6 Å². The van der Waals surface area contributed by atoms with Gasteiger partial charge >= 0.3 is 0 Å². The van der Waals surface area contributed by atoms with E-state index >= 15 is 0 Å². The van der Waals surface area contributed by atoms with E-state index in [1.807, 2.05) is 0 Å². The van der Waals surface area contributed by atoms with E-state index in [0.29, 0.717) is 12.8 Å². The quantitative estimate of drug-likeness (QED) is 0.0210. The molecule has 2 fully saturated rings. The molecule has 0 radical (unpaired) electrons. The van der Waals surface area contributed by atoms with Crippen LogP contribution in [-0.4, -0.2) is 140 Å². The molecule has 2 heterocycles. The van der Waals surface area contributed by atoms with Crippen LogP contribution in [-0.2, 0) is 23.7 Å². The molecule has 398 valence electrons. The van der Waals surface area contributed by atoms with Crippen molar-refractivity contribution in [1.82, 2.24) is 5.32 Å². The second kappa shape index (κ2) is 40.8. The molecule has 2 rings (SSSR count). The SMILES string of the molecule is CCCCCCC/C=C\C/C=C\C/C=C\CCCCCCCCC(=O)NC(COC1OC(CO)C(OC2OC(CO)C(O)C(O)C2O)C(O)C1O)C(O)CCCCCCCCCCCCCCC. The Morgan fingerprint density at radius 1 is 0.529 bits per heavy atom. The predicted molar refractivity (Wildman–Crippen MR) is 268 cm³/mol. The lowest BCUT2D eigenvalue weighted by atomic mass is 9.97. The summed E-state index contributed by atoms with van der Waals surface area (Å²) < 4.78 is 22.8. The molecular formula is C54H99NO13. The molecule has 14 heteroatoms. The Labute approximate surface area is 411 Å². The number of aliphatic hydroxyl groups is 8. The standard InChI is InChI=1S/C54H99NO13/c1-3-5-7-9-11-13-15-17-18-19-20-21-22-23-24-26-28-30-32-34-36-38-46(59)55-42(43(58)37-35-33-31-29-27-25-16-14-12-10-8-6-4-2)41-65-53-51(64)49(62)52(45(40-57)67-53)68-54-50(63)48(61)47(60)44(39-56)66-54/h15,17,19-20,22-23,42-45,47-54,56-58,60-64H,3-14,16,18,21,24-41H2,1-2H3,(H,55,59)/b17-15-,20-19-,23-22-. The molecule has 0 spiro atoms. The molecular weight excluding hydrogens is 871 g/mol. The fraction of sp³-hybridized carbons (Fsp3) is 0.870. The number of hydrogen-bond donors (Lipinski definition) is 9. The molecule has 2 aliphatic heterocycles. The van der Waals surface area contributed by atoms with Crippen LogP contribution in [0.15, 0.2) is 36.5 Å². The molecule has 68 heavy (non-hydrogen) atoms. The van der Waals surface area contributed by atoms with Gasteiger partial charge < -0.3 is 65.1 Å². The Bertz CT molecular complexity index is 1280. The molecule has 14 nitrogen and oxygen atoms in total. The van der Waals surface area contributed by atoms with Crippen molar-refractivity contribution in [3.8, 4) is 0 Å². The van der Waals surface area contributed by atoms with Crippen LogP contribution < -0.4 is 5.32 Å². The van der Waals surface area contributed by atoms with E-state index in [9.17, 15) is 45.6 Å². The van der Waals surface area contributed by atoms with E-state index in [0.717, 1.165) is 77.0 Å². The highest BCUT2D eigenvalue weighted by Gasteiger charge is 2.51. The summed E-state index contributed by atoms with van der Waals surface area (Å²) in [7, 11) is 0. The van der Waals surface area contributed by atoms with Crippen LogP contribution in [0.5, 0.6) is 0 Å². The molecule has 0 aromatic rings. The summed E-state index contributed by atoms with van der Waals surface area (Å²) in [4.78, 5) is 13.2. The molecule has 0 aliphatic carbocycles. The highest BCUT2D eigenvalue weighted by Crippen LogP contribution is 2.30. The zero-order valence-electron chi connectivity index (χ0n) is 42.3. The van der Waals surface area contributed by atoms with Crippen LogP contribution in [0.3, 0.4) is 0 Å². The van der Waals surface area contributed by atoms with Crippen LogP contribution in [0, 0.1) is 0 Å². The molecule has 12 unspecified atom stereocenters. The number of amides is 1. The van der Waals surface area contributed by atoms with Crippen LogP contribution in [0.2, 0.25) is 0 Å². The average molecular weight is 970 g/mol. The van der Waals surface area contributed by atoms with E-state index in [1.54, 1.807) is 0 Å². The second-order valence-corrected chi connectivity index (χ2v) is 19.4. The highest BCUT2D eigenvalue weighted by molar-refractivity contribution is 5.76. The highest BCUT2D eigenvalue weighted by atomic mass is 16.7. The topological polar surface area (TPSA) is 228 Å². The summed E-state index contributed by atoms with van der Waals surface area (Å²) in [5, 5.41) is 87.0. The van der Waals surface area contributed by atoms with E-state index < -0.39 is 86.8 Å². The average Bonchev–Trinajstić information content (AvgIpc) is 3.34.